The highest BCUT2D eigenvalue weighted by molar-refractivity contribution is 7.11. The number of nitro groups is 1. The molecule has 0 saturated heterocycles. The number of nitrogens with zero attached hydrogens (tertiary/aromatic N) is 3. The van der Waals surface area contributed by atoms with Crippen LogP contribution in [0.2, 0.25) is 0 Å². The number of non-ortho nitro benzene ring substituents is 1. The number of ether oxygens (including phenoxy) is 1. The maximum Gasteiger partial charge on any atom is 0.345 e. The van der Waals surface area contributed by atoms with Gasteiger partial charge in [0.15, 0.2) is 0 Å². The third-order valence-corrected chi connectivity index (χ3v) is 6.42. The van der Waals surface area contributed by atoms with Crippen LogP contribution >= 0.6 is 11.3 Å². The SMILES string of the molecule is COc1cc([N+](=O)[O-])ccc1NC=C(C#N)c1nc(-c2cc3c(ccc4ccccc43)oc2=O)cs1. The summed E-state index contributed by atoms with van der Waals surface area (Å²) in [6.07, 6.45) is 1.43. The summed E-state index contributed by atoms with van der Waals surface area (Å²) in [4.78, 5) is 27.7. The summed E-state index contributed by atoms with van der Waals surface area (Å²) in [6.45, 7) is 0. The number of benzene rings is 3. The van der Waals surface area contributed by atoms with Crippen molar-refractivity contribution < 1.29 is 14.1 Å². The fraction of sp³-hybridized carbons (Fsp3) is 0.0385. The molecule has 0 aliphatic rings. The minimum Gasteiger partial charge on any atom is -0.494 e. The van der Waals surface area contributed by atoms with Gasteiger partial charge in [0.2, 0.25) is 0 Å². The van der Waals surface area contributed by atoms with Crippen LogP contribution in [-0.2, 0) is 0 Å². The van der Waals surface area contributed by atoms with E-state index in [1.165, 1.54) is 42.8 Å². The van der Waals surface area contributed by atoms with Crippen molar-refractivity contribution >= 4 is 50.0 Å². The Morgan fingerprint density at radius 2 is 2.03 bits per heavy atom. The van der Waals surface area contributed by atoms with E-state index in [1.807, 2.05) is 30.3 Å². The van der Waals surface area contributed by atoms with Crippen LogP contribution in [-0.4, -0.2) is 17.0 Å². The van der Waals surface area contributed by atoms with Crippen molar-refractivity contribution in [2.24, 2.45) is 0 Å². The second-order valence-corrected chi connectivity index (χ2v) is 8.50. The number of aromatic nitrogens is 1. The minimum absolute atomic E-state index is 0.117. The van der Waals surface area contributed by atoms with Gasteiger partial charge in [-0.1, -0.05) is 30.3 Å². The van der Waals surface area contributed by atoms with Gasteiger partial charge in [-0.3, -0.25) is 10.1 Å². The Kier molecular flexibility index (Phi) is 5.90. The van der Waals surface area contributed by atoms with Crippen molar-refractivity contribution in [1.29, 1.82) is 5.26 Å². The molecule has 9 nitrogen and oxygen atoms in total. The predicted molar refractivity (Wildman–Crippen MR) is 138 cm³/mol. The van der Waals surface area contributed by atoms with Crippen LogP contribution in [0, 0.1) is 21.4 Å². The van der Waals surface area contributed by atoms with Gasteiger partial charge in [0.05, 0.1) is 35.0 Å². The minimum atomic E-state index is -0.522. The van der Waals surface area contributed by atoms with Gasteiger partial charge in [-0.15, -0.1) is 11.3 Å². The summed E-state index contributed by atoms with van der Waals surface area (Å²) < 4.78 is 10.8. The zero-order valence-corrected chi connectivity index (χ0v) is 19.5. The predicted octanol–water partition coefficient (Wildman–Crippen LogP) is 5.96. The topological polar surface area (TPSA) is 131 Å². The quantitative estimate of drug-likeness (QED) is 0.100. The third-order valence-electron chi connectivity index (χ3n) is 5.54. The lowest BCUT2D eigenvalue weighted by molar-refractivity contribution is -0.384. The lowest BCUT2D eigenvalue weighted by atomic mass is 10.0. The van der Waals surface area contributed by atoms with Gasteiger partial charge in [-0.25, -0.2) is 9.78 Å². The summed E-state index contributed by atoms with van der Waals surface area (Å²) in [5.74, 6) is 0.249. The summed E-state index contributed by atoms with van der Waals surface area (Å²) in [5, 5.41) is 28.5. The average molecular weight is 497 g/mol. The van der Waals surface area contributed by atoms with Gasteiger partial charge in [-0.05, 0) is 29.0 Å². The molecule has 5 aromatic rings. The smallest absolute Gasteiger partial charge is 0.345 e. The third kappa shape index (κ3) is 4.15. The summed E-state index contributed by atoms with van der Waals surface area (Å²) in [5.41, 5.74) is 1.18. The number of anilines is 1. The van der Waals surface area contributed by atoms with Gasteiger partial charge in [-0.2, -0.15) is 5.26 Å². The van der Waals surface area contributed by atoms with Crippen molar-refractivity contribution in [3.63, 3.8) is 0 Å². The number of nitro benzene ring substituents is 1. The molecule has 1 N–H and O–H groups in total. The standard InChI is InChI=1S/C26H16N4O5S/c1-34-24-10-17(30(32)33)7-8-21(24)28-13-16(12-27)25-29-22(14-36-25)20-11-19-18-5-3-2-4-15(18)6-9-23(19)35-26(20)31/h2-11,13-14,28H,1H3. The first kappa shape index (κ1) is 22.8. The van der Waals surface area contributed by atoms with Gasteiger partial charge in [0, 0.05) is 23.0 Å². The molecular formula is C26H16N4O5S. The number of thiazole rings is 1. The van der Waals surface area contributed by atoms with E-state index in [0.29, 0.717) is 27.5 Å². The van der Waals surface area contributed by atoms with Crippen molar-refractivity contribution in [2.45, 2.75) is 0 Å². The summed E-state index contributed by atoms with van der Waals surface area (Å²) in [7, 11) is 1.39. The first-order valence-electron chi connectivity index (χ1n) is 10.6. The fourth-order valence-corrected chi connectivity index (χ4v) is 4.56. The molecule has 10 heteroatoms. The summed E-state index contributed by atoms with van der Waals surface area (Å²) in [6, 6.07) is 19.4. The van der Waals surface area contributed by atoms with E-state index in [4.69, 9.17) is 9.15 Å². The number of fused-ring (bicyclic) bond motifs is 3. The first-order valence-corrected chi connectivity index (χ1v) is 11.5. The van der Waals surface area contributed by atoms with Crippen LogP contribution in [0.1, 0.15) is 5.01 Å². The second-order valence-electron chi connectivity index (χ2n) is 7.64. The number of methoxy groups -OCH3 is 1. The molecule has 0 bridgehead atoms. The van der Waals surface area contributed by atoms with E-state index >= 15 is 0 Å². The highest BCUT2D eigenvalue weighted by Crippen LogP contribution is 2.32. The molecule has 0 fully saturated rings. The van der Waals surface area contributed by atoms with Crippen molar-refractivity contribution in [3.8, 4) is 23.1 Å². The van der Waals surface area contributed by atoms with E-state index in [2.05, 4.69) is 16.4 Å². The Bertz CT molecular complexity index is 1780. The van der Waals surface area contributed by atoms with E-state index in [-0.39, 0.29) is 17.0 Å². The number of hydrogen-bond donors (Lipinski definition) is 1. The summed E-state index contributed by atoms with van der Waals surface area (Å²) >= 11 is 1.20. The van der Waals surface area contributed by atoms with E-state index in [0.717, 1.165) is 16.2 Å². The largest absolute Gasteiger partial charge is 0.494 e. The number of rotatable bonds is 6. The molecule has 3 aromatic carbocycles. The molecular weight excluding hydrogens is 480 g/mol. The van der Waals surface area contributed by atoms with Gasteiger partial charge < -0.3 is 14.5 Å². The van der Waals surface area contributed by atoms with Crippen molar-refractivity contribution in [1.82, 2.24) is 4.98 Å². The maximum atomic E-state index is 12.7. The molecule has 2 heterocycles. The van der Waals surface area contributed by atoms with Gasteiger partial charge in [0.25, 0.3) is 5.69 Å². The highest BCUT2D eigenvalue weighted by Gasteiger charge is 2.16. The molecule has 5 rings (SSSR count). The normalized spacial score (nSPS) is 11.4. The molecule has 0 spiro atoms. The Balaban J connectivity index is 1.50. The Morgan fingerprint density at radius 3 is 2.81 bits per heavy atom. The monoisotopic (exact) mass is 496 g/mol. The van der Waals surface area contributed by atoms with E-state index in [1.54, 1.807) is 17.5 Å². The molecule has 0 unspecified atom stereocenters. The van der Waals surface area contributed by atoms with E-state index in [9.17, 15) is 20.2 Å². The van der Waals surface area contributed by atoms with Crippen LogP contribution in [0.5, 0.6) is 5.75 Å². The van der Waals surface area contributed by atoms with Crippen molar-refractivity contribution in [3.05, 3.63) is 97.8 Å². The van der Waals surface area contributed by atoms with Crippen LogP contribution in [0.3, 0.4) is 0 Å². The molecule has 0 amide bonds. The Hall–Kier alpha value is -5.01. The zero-order valence-electron chi connectivity index (χ0n) is 18.7. The number of allylic oxidation sites excluding steroid dienone is 1. The molecule has 0 radical (unpaired) electrons. The van der Waals surface area contributed by atoms with Crippen LogP contribution in [0.25, 0.3) is 38.6 Å². The number of nitriles is 1. The van der Waals surface area contributed by atoms with E-state index < -0.39 is 10.5 Å². The Labute approximate surface area is 207 Å². The lowest BCUT2D eigenvalue weighted by Crippen LogP contribution is -2.03. The van der Waals surface area contributed by atoms with Crippen LogP contribution in [0.4, 0.5) is 11.4 Å². The number of hydrogen-bond acceptors (Lipinski definition) is 9. The fourth-order valence-electron chi connectivity index (χ4n) is 3.78. The van der Waals surface area contributed by atoms with Gasteiger partial charge >= 0.3 is 5.63 Å². The lowest BCUT2D eigenvalue weighted by Gasteiger charge is -2.08. The average Bonchev–Trinajstić information content (AvgIpc) is 3.38. The molecule has 0 aliphatic heterocycles. The molecule has 0 saturated carbocycles. The second kappa shape index (κ2) is 9.32. The molecule has 0 atom stereocenters. The molecule has 176 valence electrons. The van der Waals surface area contributed by atoms with Gasteiger partial charge in [0.1, 0.15) is 28.0 Å². The molecule has 2 aromatic heterocycles. The molecule has 0 aliphatic carbocycles. The van der Waals surface area contributed by atoms with Crippen molar-refractivity contribution in [2.75, 3.05) is 12.4 Å². The maximum absolute atomic E-state index is 12.7. The zero-order chi connectivity index (χ0) is 25.2. The van der Waals surface area contributed by atoms with Crippen LogP contribution in [0.15, 0.2) is 81.5 Å². The Morgan fingerprint density at radius 1 is 1.19 bits per heavy atom. The number of nitrogens with one attached hydrogen (secondary N) is 1. The highest BCUT2D eigenvalue weighted by atomic mass is 32.1. The molecule has 36 heavy (non-hydrogen) atoms. The first-order chi connectivity index (χ1) is 17.5. The van der Waals surface area contributed by atoms with Crippen LogP contribution < -0.4 is 15.7 Å².